The van der Waals surface area contributed by atoms with E-state index in [1.54, 1.807) is 19.9 Å². The van der Waals surface area contributed by atoms with Crippen LogP contribution in [0.4, 0.5) is 10.8 Å². The Kier molecular flexibility index (Phi) is 4.03. The standard InChI is InChI=1S/C16H14N4O2S/c1-10-7-8-12(9-14(10)20(21)22)11(2)18-19-16-17-13-5-3-4-6-15(13)23-16/h3-9H,1-2H3,(H,17,19)/b18-11+. The Morgan fingerprint density at radius 3 is 2.83 bits per heavy atom. The summed E-state index contributed by atoms with van der Waals surface area (Å²) in [5, 5.41) is 16.0. The zero-order chi connectivity index (χ0) is 16.4. The fourth-order valence-electron chi connectivity index (χ4n) is 2.15. The number of aromatic nitrogens is 1. The molecule has 0 aliphatic rings. The van der Waals surface area contributed by atoms with Gasteiger partial charge in [-0.2, -0.15) is 5.10 Å². The highest BCUT2D eigenvalue weighted by molar-refractivity contribution is 7.22. The molecule has 0 radical (unpaired) electrons. The number of nitrogens with one attached hydrogen (secondary N) is 1. The van der Waals surface area contributed by atoms with Crippen LogP contribution in [0, 0.1) is 17.0 Å². The van der Waals surface area contributed by atoms with Crippen LogP contribution in [0.1, 0.15) is 18.1 Å². The van der Waals surface area contributed by atoms with Crippen molar-refractivity contribution in [3.05, 3.63) is 63.7 Å². The zero-order valence-corrected chi connectivity index (χ0v) is 13.4. The van der Waals surface area contributed by atoms with Crippen molar-refractivity contribution < 1.29 is 4.92 Å². The van der Waals surface area contributed by atoms with Gasteiger partial charge in [0.05, 0.1) is 20.9 Å². The van der Waals surface area contributed by atoms with Gasteiger partial charge in [0, 0.05) is 17.2 Å². The van der Waals surface area contributed by atoms with Crippen LogP contribution in [-0.4, -0.2) is 15.6 Å². The van der Waals surface area contributed by atoms with E-state index in [4.69, 9.17) is 0 Å². The van der Waals surface area contributed by atoms with Crippen molar-refractivity contribution >= 4 is 38.1 Å². The first-order chi connectivity index (χ1) is 11.0. The maximum Gasteiger partial charge on any atom is 0.272 e. The van der Waals surface area contributed by atoms with E-state index < -0.39 is 0 Å². The Balaban J connectivity index is 1.84. The highest BCUT2D eigenvalue weighted by Gasteiger charge is 2.12. The SMILES string of the molecule is C/C(=N\Nc1nc2ccccc2s1)c1ccc(C)c([N+](=O)[O-])c1. The molecule has 1 aromatic heterocycles. The molecule has 0 saturated heterocycles. The van der Waals surface area contributed by atoms with E-state index in [0.29, 0.717) is 22.0 Å². The lowest BCUT2D eigenvalue weighted by Crippen LogP contribution is -2.01. The van der Waals surface area contributed by atoms with Crippen LogP contribution in [-0.2, 0) is 0 Å². The molecule has 0 aliphatic carbocycles. The second-order valence-corrected chi connectivity index (χ2v) is 6.08. The molecule has 3 rings (SSSR count). The van der Waals surface area contributed by atoms with Gasteiger partial charge in [0.1, 0.15) is 0 Å². The monoisotopic (exact) mass is 326 g/mol. The summed E-state index contributed by atoms with van der Waals surface area (Å²) in [4.78, 5) is 15.1. The number of thiazole rings is 1. The van der Waals surface area contributed by atoms with Gasteiger partial charge < -0.3 is 0 Å². The first-order valence-electron chi connectivity index (χ1n) is 6.96. The summed E-state index contributed by atoms with van der Waals surface area (Å²) in [5.41, 5.74) is 5.93. The second-order valence-electron chi connectivity index (χ2n) is 5.05. The lowest BCUT2D eigenvalue weighted by atomic mass is 10.1. The Morgan fingerprint density at radius 2 is 2.09 bits per heavy atom. The number of rotatable bonds is 4. The van der Waals surface area contributed by atoms with Gasteiger partial charge in [0.25, 0.3) is 5.69 Å². The number of anilines is 1. The molecule has 1 heterocycles. The number of nitro groups is 1. The van der Waals surface area contributed by atoms with E-state index in [9.17, 15) is 10.1 Å². The van der Waals surface area contributed by atoms with E-state index >= 15 is 0 Å². The number of fused-ring (bicyclic) bond motifs is 1. The average molecular weight is 326 g/mol. The molecule has 0 saturated carbocycles. The third kappa shape index (κ3) is 3.19. The topological polar surface area (TPSA) is 80.4 Å². The Morgan fingerprint density at radius 1 is 1.30 bits per heavy atom. The molecule has 0 unspecified atom stereocenters. The van der Waals surface area contributed by atoms with Gasteiger partial charge in [-0.15, -0.1) is 0 Å². The Hall–Kier alpha value is -2.80. The van der Waals surface area contributed by atoms with Crippen molar-refractivity contribution in [3.63, 3.8) is 0 Å². The van der Waals surface area contributed by atoms with Crippen molar-refractivity contribution in [2.45, 2.75) is 13.8 Å². The van der Waals surface area contributed by atoms with Crippen LogP contribution < -0.4 is 5.43 Å². The number of nitrogens with zero attached hydrogens (tertiary/aromatic N) is 3. The molecule has 0 atom stereocenters. The predicted molar refractivity (Wildman–Crippen MR) is 93.3 cm³/mol. The summed E-state index contributed by atoms with van der Waals surface area (Å²) in [6.07, 6.45) is 0. The molecule has 0 bridgehead atoms. The van der Waals surface area contributed by atoms with Gasteiger partial charge in [-0.05, 0) is 26.0 Å². The fourth-order valence-corrected chi connectivity index (χ4v) is 2.96. The molecule has 6 nitrogen and oxygen atoms in total. The number of aryl methyl sites for hydroxylation is 1. The molecule has 23 heavy (non-hydrogen) atoms. The highest BCUT2D eigenvalue weighted by atomic mass is 32.1. The Bertz CT molecular complexity index is 884. The largest absolute Gasteiger partial charge is 0.272 e. The van der Waals surface area contributed by atoms with Gasteiger partial charge >= 0.3 is 0 Å². The van der Waals surface area contributed by atoms with Gasteiger partial charge in [0.15, 0.2) is 0 Å². The first kappa shape index (κ1) is 15.1. The fraction of sp³-hybridized carbons (Fsp3) is 0.125. The number of hydrazone groups is 1. The average Bonchev–Trinajstić information content (AvgIpc) is 2.95. The van der Waals surface area contributed by atoms with Crippen molar-refractivity contribution in [2.75, 3.05) is 5.43 Å². The maximum atomic E-state index is 11.0. The van der Waals surface area contributed by atoms with Crippen LogP contribution in [0.3, 0.4) is 0 Å². The van der Waals surface area contributed by atoms with Crippen LogP contribution in [0.2, 0.25) is 0 Å². The van der Waals surface area contributed by atoms with Gasteiger partial charge in [-0.3, -0.25) is 15.5 Å². The maximum absolute atomic E-state index is 11.0. The van der Waals surface area contributed by atoms with Crippen molar-refractivity contribution in [3.8, 4) is 0 Å². The predicted octanol–water partition coefficient (Wildman–Crippen LogP) is 4.35. The number of para-hydroxylation sites is 1. The molecule has 1 N–H and O–H groups in total. The lowest BCUT2D eigenvalue weighted by molar-refractivity contribution is -0.385. The van der Waals surface area contributed by atoms with E-state index in [-0.39, 0.29) is 10.6 Å². The molecule has 0 amide bonds. The molecule has 2 aromatic carbocycles. The molecule has 0 aliphatic heterocycles. The summed E-state index contributed by atoms with van der Waals surface area (Å²) < 4.78 is 1.08. The molecule has 0 fully saturated rings. The number of benzene rings is 2. The Labute approximate surface area is 136 Å². The lowest BCUT2D eigenvalue weighted by Gasteiger charge is -2.03. The zero-order valence-electron chi connectivity index (χ0n) is 12.6. The quantitative estimate of drug-likeness (QED) is 0.439. The van der Waals surface area contributed by atoms with Crippen LogP contribution in [0.5, 0.6) is 0 Å². The molecule has 7 heteroatoms. The second kappa shape index (κ2) is 6.13. The summed E-state index contributed by atoms with van der Waals surface area (Å²) >= 11 is 1.51. The van der Waals surface area contributed by atoms with E-state index in [1.165, 1.54) is 17.4 Å². The smallest absolute Gasteiger partial charge is 0.258 e. The van der Waals surface area contributed by atoms with Gasteiger partial charge in [0.2, 0.25) is 5.13 Å². The summed E-state index contributed by atoms with van der Waals surface area (Å²) in [6, 6.07) is 12.9. The summed E-state index contributed by atoms with van der Waals surface area (Å²) in [7, 11) is 0. The summed E-state index contributed by atoms with van der Waals surface area (Å²) in [6.45, 7) is 3.52. The summed E-state index contributed by atoms with van der Waals surface area (Å²) in [5.74, 6) is 0. The highest BCUT2D eigenvalue weighted by Crippen LogP contribution is 2.25. The normalized spacial score (nSPS) is 11.7. The van der Waals surface area contributed by atoms with E-state index in [2.05, 4.69) is 15.5 Å². The first-order valence-corrected chi connectivity index (χ1v) is 7.77. The van der Waals surface area contributed by atoms with Crippen LogP contribution in [0.25, 0.3) is 10.2 Å². The van der Waals surface area contributed by atoms with Crippen LogP contribution in [0.15, 0.2) is 47.6 Å². The third-order valence-corrected chi connectivity index (χ3v) is 4.38. The van der Waals surface area contributed by atoms with Crippen molar-refractivity contribution in [1.29, 1.82) is 0 Å². The molecular weight excluding hydrogens is 312 g/mol. The van der Waals surface area contributed by atoms with Crippen LogP contribution >= 0.6 is 11.3 Å². The number of hydrogen-bond acceptors (Lipinski definition) is 6. The van der Waals surface area contributed by atoms with Gasteiger partial charge in [-0.25, -0.2) is 4.98 Å². The van der Waals surface area contributed by atoms with Crippen molar-refractivity contribution in [1.82, 2.24) is 4.98 Å². The minimum Gasteiger partial charge on any atom is -0.258 e. The van der Waals surface area contributed by atoms with E-state index in [0.717, 1.165) is 10.2 Å². The van der Waals surface area contributed by atoms with E-state index in [1.807, 2.05) is 30.3 Å². The van der Waals surface area contributed by atoms with Gasteiger partial charge in [-0.1, -0.05) is 35.6 Å². The minimum atomic E-state index is -0.382. The minimum absolute atomic E-state index is 0.0945. The third-order valence-electron chi connectivity index (χ3n) is 3.44. The molecule has 0 spiro atoms. The number of nitro benzene ring substituents is 1. The molecule has 3 aromatic rings. The molecular formula is C16H14N4O2S. The van der Waals surface area contributed by atoms with Crippen molar-refractivity contribution in [2.24, 2.45) is 5.10 Å². The number of hydrogen-bond donors (Lipinski definition) is 1. The molecule has 116 valence electrons.